The first-order valence-corrected chi connectivity index (χ1v) is 3.06. The molecule has 1 atom stereocenters. The zero-order chi connectivity index (χ0) is 8.43. The van der Waals surface area contributed by atoms with Crippen LogP contribution >= 0.6 is 0 Å². The zero-order valence-corrected chi connectivity index (χ0v) is 6.06. The van der Waals surface area contributed by atoms with E-state index in [1.165, 1.54) is 12.5 Å². The maximum atomic E-state index is 10.4. The largest absolute Gasteiger partial charge is 0.377 e. The average Bonchev–Trinajstić information content (AvgIpc) is 2.34. The standard InChI is InChI=1S/C6H9N3O2/c1-9-2-4(8-3-9)5(10)6(7)11/h2-3,5,10H,1H3,(H2,7,11). The van der Waals surface area contributed by atoms with Gasteiger partial charge < -0.3 is 15.4 Å². The number of aliphatic hydroxyl groups is 1. The predicted molar refractivity (Wildman–Crippen MR) is 37.4 cm³/mol. The lowest BCUT2D eigenvalue weighted by atomic mass is 10.3. The first kappa shape index (κ1) is 7.74. The van der Waals surface area contributed by atoms with Crippen LogP contribution in [-0.4, -0.2) is 20.6 Å². The molecule has 0 aliphatic carbocycles. The van der Waals surface area contributed by atoms with Crippen LogP contribution in [0.3, 0.4) is 0 Å². The number of aryl methyl sites for hydroxylation is 1. The van der Waals surface area contributed by atoms with Crippen LogP contribution in [0.1, 0.15) is 11.8 Å². The molecule has 0 radical (unpaired) electrons. The molecule has 1 amide bonds. The van der Waals surface area contributed by atoms with Crippen LogP contribution in [0.25, 0.3) is 0 Å². The summed E-state index contributed by atoms with van der Waals surface area (Å²) in [5, 5.41) is 9.06. The third kappa shape index (κ3) is 1.56. The molecule has 1 aromatic rings. The summed E-state index contributed by atoms with van der Waals surface area (Å²) in [6.45, 7) is 0. The lowest BCUT2D eigenvalue weighted by Crippen LogP contribution is -2.21. The van der Waals surface area contributed by atoms with Gasteiger partial charge >= 0.3 is 0 Å². The third-order valence-corrected chi connectivity index (χ3v) is 1.27. The Morgan fingerprint density at radius 2 is 2.55 bits per heavy atom. The quantitative estimate of drug-likeness (QED) is 0.571. The highest BCUT2D eigenvalue weighted by atomic mass is 16.3. The van der Waals surface area contributed by atoms with Gasteiger partial charge in [0.15, 0.2) is 6.10 Å². The number of nitrogens with two attached hydrogens (primary N) is 1. The Morgan fingerprint density at radius 3 is 2.91 bits per heavy atom. The van der Waals surface area contributed by atoms with Crippen LogP contribution in [0.15, 0.2) is 12.5 Å². The van der Waals surface area contributed by atoms with E-state index in [1.807, 2.05) is 0 Å². The minimum Gasteiger partial charge on any atom is -0.377 e. The average molecular weight is 155 g/mol. The number of amides is 1. The monoisotopic (exact) mass is 155 g/mol. The van der Waals surface area contributed by atoms with E-state index in [4.69, 9.17) is 10.8 Å². The van der Waals surface area contributed by atoms with Crippen molar-refractivity contribution < 1.29 is 9.90 Å². The molecule has 0 saturated carbocycles. The zero-order valence-electron chi connectivity index (χ0n) is 6.06. The number of carbonyl (C=O) groups is 1. The maximum Gasteiger partial charge on any atom is 0.252 e. The number of rotatable bonds is 2. The van der Waals surface area contributed by atoms with E-state index in [9.17, 15) is 4.79 Å². The van der Waals surface area contributed by atoms with Gasteiger partial charge in [0.2, 0.25) is 0 Å². The Morgan fingerprint density at radius 1 is 1.91 bits per heavy atom. The van der Waals surface area contributed by atoms with Gasteiger partial charge in [0.25, 0.3) is 5.91 Å². The summed E-state index contributed by atoms with van der Waals surface area (Å²) in [6, 6.07) is 0. The van der Waals surface area contributed by atoms with Crippen molar-refractivity contribution in [2.75, 3.05) is 0 Å². The van der Waals surface area contributed by atoms with Crippen molar-refractivity contribution in [2.45, 2.75) is 6.10 Å². The maximum absolute atomic E-state index is 10.4. The molecule has 0 saturated heterocycles. The fraction of sp³-hybridized carbons (Fsp3) is 0.333. The summed E-state index contributed by atoms with van der Waals surface area (Å²) in [5.74, 6) is -0.788. The molecule has 1 unspecified atom stereocenters. The Hall–Kier alpha value is -1.36. The van der Waals surface area contributed by atoms with Crippen molar-refractivity contribution in [3.63, 3.8) is 0 Å². The van der Waals surface area contributed by atoms with Gasteiger partial charge in [0, 0.05) is 13.2 Å². The lowest BCUT2D eigenvalue weighted by Gasteiger charge is -1.99. The number of hydrogen-bond donors (Lipinski definition) is 2. The number of primary amides is 1. The normalized spacial score (nSPS) is 12.9. The highest BCUT2D eigenvalue weighted by molar-refractivity contribution is 5.79. The second-order valence-corrected chi connectivity index (χ2v) is 2.27. The van der Waals surface area contributed by atoms with Crippen LogP contribution < -0.4 is 5.73 Å². The first-order chi connectivity index (χ1) is 5.11. The molecule has 0 aliphatic rings. The number of carbonyl (C=O) groups excluding carboxylic acids is 1. The molecule has 3 N–H and O–H groups in total. The fourth-order valence-corrected chi connectivity index (χ4v) is 0.720. The van der Waals surface area contributed by atoms with Gasteiger partial charge in [-0.15, -0.1) is 0 Å². The van der Waals surface area contributed by atoms with Gasteiger partial charge in [-0.3, -0.25) is 4.79 Å². The van der Waals surface area contributed by atoms with Crippen molar-refractivity contribution in [2.24, 2.45) is 12.8 Å². The molecule has 60 valence electrons. The molecule has 0 spiro atoms. The Labute approximate surface area is 63.5 Å². The van der Waals surface area contributed by atoms with E-state index in [0.29, 0.717) is 0 Å². The Balaban J connectivity index is 2.84. The number of nitrogens with zero attached hydrogens (tertiary/aromatic N) is 2. The molecule has 1 rings (SSSR count). The van der Waals surface area contributed by atoms with Gasteiger partial charge in [0.1, 0.15) is 0 Å². The topological polar surface area (TPSA) is 81.1 Å². The summed E-state index contributed by atoms with van der Waals surface area (Å²) in [6.07, 6.45) is 1.73. The van der Waals surface area contributed by atoms with Gasteiger partial charge in [-0.05, 0) is 0 Å². The number of aliphatic hydroxyl groups excluding tert-OH is 1. The van der Waals surface area contributed by atoms with Crippen LogP contribution in [-0.2, 0) is 11.8 Å². The molecular weight excluding hydrogens is 146 g/mol. The highest BCUT2D eigenvalue weighted by Gasteiger charge is 2.15. The third-order valence-electron chi connectivity index (χ3n) is 1.27. The van der Waals surface area contributed by atoms with Gasteiger partial charge in [0.05, 0.1) is 12.0 Å². The minimum absolute atomic E-state index is 0.278. The first-order valence-electron chi connectivity index (χ1n) is 3.06. The smallest absolute Gasteiger partial charge is 0.252 e. The Kier molecular flexibility index (Phi) is 1.91. The summed E-state index contributed by atoms with van der Waals surface area (Å²) in [7, 11) is 1.74. The summed E-state index contributed by atoms with van der Waals surface area (Å²) in [5.41, 5.74) is 5.12. The summed E-state index contributed by atoms with van der Waals surface area (Å²) in [4.78, 5) is 14.2. The van der Waals surface area contributed by atoms with Crippen molar-refractivity contribution >= 4 is 5.91 Å². The van der Waals surface area contributed by atoms with Gasteiger partial charge in [-0.2, -0.15) is 0 Å². The molecule has 0 bridgehead atoms. The molecule has 1 aromatic heterocycles. The number of hydrogen-bond acceptors (Lipinski definition) is 3. The lowest BCUT2D eigenvalue weighted by molar-refractivity contribution is -0.126. The summed E-state index contributed by atoms with van der Waals surface area (Å²) >= 11 is 0. The van der Waals surface area contributed by atoms with Crippen LogP contribution in [0.2, 0.25) is 0 Å². The second kappa shape index (κ2) is 2.71. The second-order valence-electron chi connectivity index (χ2n) is 2.27. The molecule has 0 aliphatic heterocycles. The van der Waals surface area contributed by atoms with Crippen LogP contribution in [0, 0.1) is 0 Å². The number of aromatic nitrogens is 2. The van der Waals surface area contributed by atoms with Crippen molar-refractivity contribution in [1.29, 1.82) is 0 Å². The molecule has 1 heterocycles. The SMILES string of the molecule is Cn1cnc(C(O)C(N)=O)c1. The highest BCUT2D eigenvalue weighted by Crippen LogP contribution is 2.07. The van der Waals surface area contributed by atoms with Crippen LogP contribution in [0.5, 0.6) is 0 Å². The fourth-order valence-electron chi connectivity index (χ4n) is 0.720. The van der Waals surface area contributed by atoms with Crippen molar-refractivity contribution in [3.05, 3.63) is 18.2 Å². The molecule has 0 aromatic carbocycles. The van der Waals surface area contributed by atoms with Gasteiger partial charge in [-0.25, -0.2) is 4.98 Å². The van der Waals surface area contributed by atoms with E-state index in [0.717, 1.165) is 0 Å². The Bertz CT molecular complexity index is 269. The molecule has 5 heteroatoms. The van der Waals surface area contributed by atoms with Gasteiger partial charge in [-0.1, -0.05) is 0 Å². The minimum atomic E-state index is -1.30. The molecule has 5 nitrogen and oxygen atoms in total. The summed E-state index contributed by atoms with van der Waals surface area (Å²) < 4.78 is 1.63. The van der Waals surface area contributed by atoms with E-state index in [2.05, 4.69) is 4.98 Å². The van der Waals surface area contributed by atoms with E-state index >= 15 is 0 Å². The number of imidazole rings is 1. The van der Waals surface area contributed by atoms with E-state index in [-0.39, 0.29) is 5.69 Å². The molecular formula is C6H9N3O2. The van der Waals surface area contributed by atoms with Crippen molar-refractivity contribution in [3.8, 4) is 0 Å². The van der Waals surface area contributed by atoms with Crippen molar-refractivity contribution in [1.82, 2.24) is 9.55 Å². The van der Waals surface area contributed by atoms with Crippen LogP contribution in [0.4, 0.5) is 0 Å². The molecule has 0 fully saturated rings. The van der Waals surface area contributed by atoms with E-state index < -0.39 is 12.0 Å². The molecule has 11 heavy (non-hydrogen) atoms. The van der Waals surface area contributed by atoms with E-state index in [1.54, 1.807) is 11.6 Å². The predicted octanol–water partition coefficient (Wildman–Crippen LogP) is -1.06.